The van der Waals surface area contributed by atoms with Crippen molar-refractivity contribution in [2.24, 2.45) is 7.05 Å². The highest BCUT2D eigenvalue weighted by atomic mass is 15.3. The molecule has 1 saturated heterocycles. The molecule has 23 heavy (non-hydrogen) atoms. The molecule has 0 saturated carbocycles. The van der Waals surface area contributed by atoms with Crippen LogP contribution >= 0.6 is 0 Å². The highest BCUT2D eigenvalue weighted by Crippen LogP contribution is 2.15. The number of rotatable bonds is 4. The smallest absolute Gasteiger partial charge is 0.122 e. The molecule has 2 aromatic rings. The Labute approximate surface area is 138 Å². The van der Waals surface area contributed by atoms with Crippen molar-refractivity contribution < 1.29 is 0 Å². The Kier molecular flexibility index (Phi) is 4.55. The topological polar surface area (TPSA) is 42.1 Å². The molecule has 3 rings (SSSR count). The summed E-state index contributed by atoms with van der Waals surface area (Å²) in [6.45, 7) is 12.9. The molecule has 0 bridgehead atoms. The number of aromatic nitrogens is 4. The highest BCUT2D eigenvalue weighted by molar-refractivity contribution is 5.05. The summed E-state index contributed by atoms with van der Waals surface area (Å²) in [5, 5.41) is 4.50. The minimum absolute atomic E-state index is 0.0546. The lowest BCUT2D eigenvalue weighted by molar-refractivity contribution is 0.119. The molecule has 0 N–H and O–H groups in total. The van der Waals surface area contributed by atoms with E-state index in [1.54, 1.807) is 0 Å². The van der Waals surface area contributed by atoms with E-state index in [4.69, 9.17) is 0 Å². The van der Waals surface area contributed by atoms with Crippen molar-refractivity contribution in [3.8, 4) is 0 Å². The normalized spacial score (nSPS) is 17.7. The first-order chi connectivity index (χ1) is 10.9. The molecular formula is C17H28N6. The molecule has 6 nitrogen and oxygen atoms in total. The van der Waals surface area contributed by atoms with E-state index in [0.29, 0.717) is 0 Å². The fraction of sp³-hybridized carbons (Fsp3) is 0.647. The van der Waals surface area contributed by atoms with E-state index < -0.39 is 0 Å². The first-order valence-electron chi connectivity index (χ1n) is 8.37. The van der Waals surface area contributed by atoms with Crippen LogP contribution in [0.4, 0.5) is 0 Å². The lowest BCUT2D eigenvalue weighted by Crippen LogP contribution is -2.45. The van der Waals surface area contributed by atoms with Crippen LogP contribution in [0, 0.1) is 0 Å². The zero-order valence-corrected chi connectivity index (χ0v) is 14.7. The van der Waals surface area contributed by atoms with Crippen molar-refractivity contribution in [3.63, 3.8) is 0 Å². The van der Waals surface area contributed by atoms with Gasteiger partial charge in [-0.2, -0.15) is 5.10 Å². The van der Waals surface area contributed by atoms with Crippen LogP contribution in [0.3, 0.4) is 0 Å². The molecule has 0 aromatic carbocycles. The van der Waals surface area contributed by atoms with Crippen LogP contribution in [0.2, 0.25) is 0 Å². The molecule has 0 aliphatic carbocycles. The van der Waals surface area contributed by atoms with Crippen LogP contribution in [0.15, 0.2) is 24.8 Å². The second-order valence-corrected chi connectivity index (χ2v) is 7.47. The second kappa shape index (κ2) is 6.45. The zero-order valence-electron chi connectivity index (χ0n) is 14.7. The van der Waals surface area contributed by atoms with Crippen molar-refractivity contribution in [3.05, 3.63) is 36.2 Å². The van der Waals surface area contributed by atoms with Gasteiger partial charge in [0.05, 0.1) is 18.3 Å². The minimum Gasteiger partial charge on any atom is -0.337 e. The Hall–Kier alpha value is -1.66. The number of imidazole rings is 1. The molecule has 3 heterocycles. The molecule has 1 fully saturated rings. The van der Waals surface area contributed by atoms with Gasteiger partial charge in [0.1, 0.15) is 5.82 Å². The van der Waals surface area contributed by atoms with Crippen molar-refractivity contribution in [2.45, 2.75) is 39.4 Å². The van der Waals surface area contributed by atoms with Gasteiger partial charge in [-0.3, -0.25) is 14.5 Å². The quantitative estimate of drug-likeness (QED) is 0.861. The van der Waals surface area contributed by atoms with Gasteiger partial charge in [0.15, 0.2) is 0 Å². The summed E-state index contributed by atoms with van der Waals surface area (Å²) in [4.78, 5) is 9.42. The Bertz CT molecular complexity index is 628. The number of hydrogen-bond acceptors (Lipinski definition) is 4. The van der Waals surface area contributed by atoms with Crippen LogP contribution < -0.4 is 0 Å². The highest BCUT2D eigenvalue weighted by Gasteiger charge is 2.20. The Morgan fingerprint density at radius 1 is 1.04 bits per heavy atom. The summed E-state index contributed by atoms with van der Waals surface area (Å²) >= 11 is 0. The molecule has 0 amide bonds. The SMILES string of the molecule is Cn1ccnc1CN1CCN(Cc2cnn(C(C)(C)C)c2)CC1. The number of aryl methyl sites for hydroxylation is 1. The molecule has 6 heteroatoms. The Morgan fingerprint density at radius 3 is 2.22 bits per heavy atom. The predicted molar refractivity (Wildman–Crippen MR) is 91.0 cm³/mol. The summed E-state index contributed by atoms with van der Waals surface area (Å²) in [5.41, 5.74) is 1.36. The van der Waals surface area contributed by atoms with Crippen LogP contribution in [-0.2, 0) is 25.7 Å². The summed E-state index contributed by atoms with van der Waals surface area (Å²) in [5.74, 6) is 1.14. The van der Waals surface area contributed by atoms with E-state index in [0.717, 1.165) is 45.1 Å². The lowest BCUT2D eigenvalue weighted by atomic mass is 10.1. The zero-order chi connectivity index (χ0) is 16.4. The summed E-state index contributed by atoms with van der Waals surface area (Å²) in [6, 6.07) is 0. The van der Waals surface area contributed by atoms with Gasteiger partial charge < -0.3 is 4.57 Å². The van der Waals surface area contributed by atoms with Gasteiger partial charge in [0, 0.05) is 63.9 Å². The second-order valence-electron chi connectivity index (χ2n) is 7.47. The monoisotopic (exact) mass is 316 g/mol. The van der Waals surface area contributed by atoms with Crippen LogP contribution in [0.5, 0.6) is 0 Å². The standard InChI is InChI=1S/C17H28N6/c1-17(2,3)23-13-15(11-19-23)12-21-7-9-22(10-8-21)14-16-18-5-6-20(16)4/h5-6,11,13H,7-10,12,14H2,1-4H3. The Balaban J connectivity index is 1.49. The van der Waals surface area contributed by atoms with Crippen molar-refractivity contribution >= 4 is 0 Å². The molecule has 1 aliphatic rings. The number of piperazine rings is 1. The van der Waals surface area contributed by atoms with Crippen molar-refractivity contribution in [2.75, 3.05) is 26.2 Å². The predicted octanol–water partition coefficient (Wildman–Crippen LogP) is 1.69. The molecule has 0 atom stereocenters. The first kappa shape index (κ1) is 16.2. The van der Waals surface area contributed by atoms with Crippen LogP contribution in [-0.4, -0.2) is 55.3 Å². The lowest BCUT2D eigenvalue weighted by Gasteiger charge is -2.34. The van der Waals surface area contributed by atoms with E-state index in [2.05, 4.69) is 63.1 Å². The van der Waals surface area contributed by atoms with E-state index in [1.165, 1.54) is 5.56 Å². The maximum Gasteiger partial charge on any atom is 0.122 e. The van der Waals surface area contributed by atoms with Gasteiger partial charge in [-0.1, -0.05) is 0 Å². The maximum atomic E-state index is 4.50. The fourth-order valence-electron chi connectivity index (χ4n) is 2.92. The Morgan fingerprint density at radius 2 is 1.70 bits per heavy atom. The van der Waals surface area contributed by atoms with Gasteiger partial charge in [0.25, 0.3) is 0 Å². The molecule has 126 valence electrons. The average Bonchev–Trinajstić information content (AvgIpc) is 3.11. The van der Waals surface area contributed by atoms with Crippen LogP contribution in [0.25, 0.3) is 0 Å². The molecule has 0 radical (unpaired) electrons. The van der Waals surface area contributed by atoms with Gasteiger partial charge in [-0.25, -0.2) is 4.98 Å². The average molecular weight is 316 g/mol. The fourth-order valence-corrected chi connectivity index (χ4v) is 2.92. The maximum absolute atomic E-state index is 4.50. The largest absolute Gasteiger partial charge is 0.337 e. The van der Waals surface area contributed by atoms with Gasteiger partial charge in [-0.05, 0) is 20.8 Å². The summed E-state index contributed by atoms with van der Waals surface area (Å²) < 4.78 is 4.16. The summed E-state index contributed by atoms with van der Waals surface area (Å²) in [7, 11) is 2.06. The summed E-state index contributed by atoms with van der Waals surface area (Å²) in [6.07, 6.45) is 8.07. The van der Waals surface area contributed by atoms with Crippen molar-refractivity contribution in [1.82, 2.24) is 29.1 Å². The number of hydrogen-bond donors (Lipinski definition) is 0. The van der Waals surface area contributed by atoms with Crippen LogP contribution in [0.1, 0.15) is 32.2 Å². The molecule has 0 spiro atoms. The number of nitrogens with zero attached hydrogens (tertiary/aromatic N) is 6. The van der Waals surface area contributed by atoms with E-state index in [9.17, 15) is 0 Å². The molecule has 2 aromatic heterocycles. The third-order valence-corrected chi connectivity index (χ3v) is 4.48. The van der Waals surface area contributed by atoms with E-state index >= 15 is 0 Å². The van der Waals surface area contributed by atoms with Crippen molar-refractivity contribution in [1.29, 1.82) is 0 Å². The minimum atomic E-state index is 0.0546. The van der Waals surface area contributed by atoms with Gasteiger partial charge >= 0.3 is 0 Å². The van der Waals surface area contributed by atoms with E-state index in [-0.39, 0.29) is 5.54 Å². The third-order valence-electron chi connectivity index (χ3n) is 4.48. The third kappa shape index (κ3) is 4.00. The van der Waals surface area contributed by atoms with E-state index in [1.807, 2.05) is 18.6 Å². The first-order valence-corrected chi connectivity index (χ1v) is 8.37. The van der Waals surface area contributed by atoms with Gasteiger partial charge in [0.2, 0.25) is 0 Å². The van der Waals surface area contributed by atoms with Gasteiger partial charge in [-0.15, -0.1) is 0 Å². The molecular weight excluding hydrogens is 288 g/mol. The molecule has 0 unspecified atom stereocenters. The molecule has 1 aliphatic heterocycles.